The fraction of sp³-hybridized carbons (Fsp3) is 0.263. The third-order valence-corrected chi connectivity index (χ3v) is 4.81. The number of H-pyrrole nitrogens is 1. The SMILES string of the molecule is O=C(c1cc(Cl)c[nH]1)N1CCn2nc(C(O)Cc3ccccc3)cc2C1. The van der Waals surface area contributed by atoms with Crippen LogP contribution >= 0.6 is 11.6 Å². The van der Waals surface area contributed by atoms with Crippen molar-refractivity contribution in [2.24, 2.45) is 0 Å². The second-order valence-electron chi connectivity index (χ2n) is 6.45. The minimum Gasteiger partial charge on any atom is -0.386 e. The first-order chi connectivity index (χ1) is 12.6. The first kappa shape index (κ1) is 16.9. The Labute approximate surface area is 156 Å². The average molecular weight is 371 g/mol. The molecule has 1 unspecified atom stereocenters. The van der Waals surface area contributed by atoms with Gasteiger partial charge in [-0.3, -0.25) is 9.48 Å². The maximum absolute atomic E-state index is 12.6. The van der Waals surface area contributed by atoms with Gasteiger partial charge in [0.15, 0.2) is 0 Å². The molecule has 1 aliphatic heterocycles. The molecule has 3 aromatic rings. The van der Waals surface area contributed by atoms with Gasteiger partial charge < -0.3 is 15.0 Å². The van der Waals surface area contributed by atoms with Crippen molar-refractivity contribution in [1.82, 2.24) is 19.7 Å². The summed E-state index contributed by atoms with van der Waals surface area (Å²) < 4.78 is 1.87. The summed E-state index contributed by atoms with van der Waals surface area (Å²) in [5.74, 6) is -0.0873. The Morgan fingerprint density at radius 1 is 1.27 bits per heavy atom. The number of carbonyl (C=O) groups excluding carboxylic acids is 1. The van der Waals surface area contributed by atoms with Gasteiger partial charge in [-0.05, 0) is 17.7 Å². The van der Waals surface area contributed by atoms with Crippen LogP contribution in [0.5, 0.6) is 0 Å². The third kappa shape index (κ3) is 3.38. The summed E-state index contributed by atoms with van der Waals surface area (Å²) in [6.07, 6.45) is 1.45. The van der Waals surface area contributed by atoms with Crippen molar-refractivity contribution in [2.75, 3.05) is 6.54 Å². The average Bonchev–Trinajstić information content (AvgIpc) is 3.27. The van der Waals surface area contributed by atoms with Gasteiger partial charge in [0.1, 0.15) is 11.8 Å². The molecule has 7 heteroatoms. The molecule has 2 aromatic heterocycles. The Kier molecular flexibility index (Phi) is 4.53. The lowest BCUT2D eigenvalue weighted by Crippen LogP contribution is -2.38. The van der Waals surface area contributed by atoms with E-state index >= 15 is 0 Å². The van der Waals surface area contributed by atoms with Gasteiger partial charge >= 0.3 is 0 Å². The number of hydrogen-bond acceptors (Lipinski definition) is 3. The standard InChI is InChI=1S/C19H19ClN4O2/c20-14-9-17(21-11-14)19(26)23-6-7-24-15(12-23)10-16(22-24)18(25)8-13-4-2-1-3-5-13/h1-5,9-11,18,21,25H,6-8,12H2. The summed E-state index contributed by atoms with van der Waals surface area (Å²) in [4.78, 5) is 17.2. The van der Waals surface area contributed by atoms with E-state index in [2.05, 4.69) is 10.1 Å². The topological polar surface area (TPSA) is 74.2 Å². The first-order valence-electron chi connectivity index (χ1n) is 8.52. The highest BCUT2D eigenvalue weighted by atomic mass is 35.5. The van der Waals surface area contributed by atoms with E-state index in [-0.39, 0.29) is 5.91 Å². The van der Waals surface area contributed by atoms with Crippen molar-refractivity contribution in [1.29, 1.82) is 0 Å². The summed E-state index contributed by atoms with van der Waals surface area (Å²) in [6.45, 7) is 1.63. The molecule has 0 bridgehead atoms. The van der Waals surface area contributed by atoms with Gasteiger partial charge in [0.05, 0.1) is 29.5 Å². The molecule has 0 saturated heterocycles. The second-order valence-corrected chi connectivity index (χ2v) is 6.88. The molecule has 4 rings (SSSR count). The highest BCUT2D eigenvalue weighted by Crippen LogP contribution is 2.22. The molecule has 0 saturated carbocycles. The van der Waals surface area contributed by atoms with Crippen LogP contribution in [0.25, 0.3) is 0 Å². The van der Waals surface area contributed by atoms with Gasteiger partial charge in [-0.25, -0.2) is 0 Å². The zero-order valence-electron chi connectivity index (χ0n) is 14.1. The van der Waals surface area contributed by atoms with Crippen LogP contribution < -0.4 is 0 Å². The van der Waals surface area contributed by atoms with Gasteiger partial charge in [-0.1, -0.05) is 41.9 Å². The number of rotatable bonds is 4. The summed E-state index contributed by atoms with van der Waals surface area (Å²) in [5, 5.41) is 15.5. The Morgan fingerprint density at radius 3 is 2.81 bits per heavy atom. The van der Waals surface area contributed by atoms with E-state index in [4.69, 9.17) is 11.6 Å². The number of hydrogen-bond donors (Lipinski definition) is 2. The Hall–Kier alpha value is -2.57. The lowest BCUT2D eigenvalue weighted by molar-refractivity contribution is 0.0700. The van der Waals surface area contributed by atoms with Crippen molar-refractivity contribution in [3.63, 3.8) is 0 Å². The van der Waals surface area contributed by atoms with Gasteiger partial charge in [0, 0.05) is 19.2 Å². The molecule has 0 fully saturated rings. The van der Waals surface area contributed by atoms with Crippen LogP contribution in [0.4, 0.5) is 0 Å². The largest absolute Gasteiger partial charge is 0.386 e. The molecule has 1 atom stereocenters. The number of aliphatic hydroxyl groups is 1. The van der Waals surface area contributed by atoms with Crippen molar-refractivity contribution >= 4 is 17.5 Å². The van der Waals surface area contributed by atoms with Crippen LogP contribution in [0.1, 0.15) is 33.5 Å². The van der Waals surface area contributed by atoms with Crippen molar-refractivity contribution in [3.05, 3.63) is 76.3 Å². The number of aromatic amines is 1. The van der Waals surface area contributed by atoms with Gasteiger partial charge in [-0.15, -0.1) is 0 Å². The minimum absolute atomic E-state index is 0.0873. The van der Waals surface area contributed by atoms with Crippen molar-refractivity contribution in [3.8, 4) is 0 Å². The minimum atomic E-state index is -0.665. The summed E-state index contributed by atoms with van der Waals surface area (Å²) >= 11 is 5.89. The quantitative estimate of drug-likeness (QED) is 0.741. The van der Waals surface area contributed by atoms with Crippen LogP contribution in [0, 0.1) is 0 Å². The number of aromatic nitrogens is 3. The predicted octanol–water partition coefficient (Wildman–Crippen LogP) is 2.80. The molecule has 3 heterocycles. The highest BCUT2D eigenvalue weighted by Gasteiger charge is 2.25. The van der Waals surface area contributed by atoms with Gasteiger partial charge in [0.2, 0.25) is 0 Å². The normalized spacial score (nSPS) is 14.9. The summed E-state index contributed by atoms with van der Waals surface area (Å²) in [5.41, 5.74) is 3.10. The van der Waals surface area contributed by atoms with E-state index in [1.165, 1.54) is 0 Å². The van der Waals surface area contributed by atoms with E-state index in [9.17, 15) is 9.90 Å². The number of benzene rings is 1. The van der Waals surface area contributed by atoms with E-state index in [0.717, 1.165) is 11.3 Å². The van der Waals surface area contributed by atoms with Crippen LogP contribution in [0.2, 0.25) is 5.02 Å². The zero-order valence-corrected chi connectivity index (χ0v) is 14.9. The molecular formula is C19H19ClN4O2. The predicted molar refractivity (Wildman–Crippen MR) is 97.9 cm³/mol. The molecule has 1 amide bonds. The van der Waals surface area contributed by atoms with Crippen molar-refractivity contribution in [2.45, 2.75) is 25.6 Å². The van der Waals surface area contributed by atoms with Crippen molar-refractivity contribution < 1.29 is 9.90 Å². The van der Waals surface area contributed by atoms with Crippen LogP contribution in [-0.4, -0.2) is 37.2 Å². The number of carbonyl (C=O) groups is 1. The smallest absolute Gasteiger partial charge is 0.270 e. The molecule has 2 N–H and O–H groups in total. The first-order valence-corrected chi connectivity index (χ1v) is 8.90. The van der Waals surface area contributed by atoms with Crippen LogP contribution in [0.15, 0.2) is 48.7 Å². The molecular weight excluding hydrogens is 352 g/mol. The Balaban J connectivity index is 1.47. The molecule has 0 aliphatic carbocycles. The number of nitrogens with one attached hydrogen (secondary N) is 1. The Bertz CT molecular complexity index is 919. The number of fused-ring (bicyclic) bond motifs is 1. The monoisotopic (exact) mass is 370 g/mol. The lowest BCUT2D eigenvalue weighted by Gasteiger charge is -2.27. The van der Waals surface area contributed by atoms with Crippen LogP contribution in [0.3, 0.4) is 0 Å². The van der Waals surface area contributed by atoms with E-state index in [0.29, 0.717) is 42.5 Å². The van der Waals surface area contributed by atoms with Gasteiger partial charge in [0.25, 0.3) is 5.91 Å². The fourth-order valence-electron chi connectivity index (χ4n) is 3.23. The zero-order chi connectivity index (χ0) is 18.1. The maximum atomic E-state index is 12.6. The molecule has 6 nitrogen and oxygen atoms in total. The molecule has 0 spiro atoms. The highest BCUT2D eigenvalue weighted by molar-refractivity contribution is 6.30. The van der Waals surface area contributed by atoms with Crippen LogP contribution in [-0.2, 0) is 19.5 Å². The maximum Gasteiger partial charge on any atom is 0.270 e. The Morgan fingerprint density at radius 2 is 2.08 bits per heavy atom. The van der Waals surface area contributed by atoms with E-state index < -0.39 is 6.10 Å². The molecule has 1 aliphatic rings. The van der Waals surface area contributed by atoms with Gasteiger partial charge in [-0.2, -0.15) is 5.10 Å². The third-order valence-electron chi connectivity index (χ3n) is 4.60. The molecule has 26 heavy (non-hydrogen) atoms. The van der Waals surface area contributed by atoms with E-state index in [1.54, 1.807) is 17.2 Å². The number of halogens is 1. The lowest BCUT2D eigenvalue weighted by atomic mass is 10.1. The fourth-order valence-corrected chi connectivity index (χ4v) is 3.39. The van der Waals surface area contributed by atoms with E-state index in [1.807, 2.05) is 41.1 Å². The number of nitrogens with zero attached hydrogens (tertiary/aromatic N) is 3. The number of aliphatic hydroxyl groups excluding tert-OH is 1. The summed E-state index contributed by atoms with van der Waals surface area (Å²) in [6, 6.07) is 13.4. The number of amides is 1. The molecule has 134 valence electrons. The summed E-state index contributed by atoms with van der Waals surface area (Å²) in [7, 11) is 0. The molecule has 1 aromatic carbocycles. The molecule has 0 radical (unpaired) electrons. The second kappa shape index (κ2) is 6.97.